The van der Waals surface area contributed by atoms with Crippen LogP contribution in [0.5, 0.6) is 0 Å². The molecule has 0 aromatic carbocycles. The molecule has 0 saturated carbocycles. The van der Waals surface area contributed by atoms with Crippen molar-refractivity contribution in [1.29, 1.82) is 0 Å². The summed E-state index contributed by atoms with van der Waals surface area (Å²) in [4.78, 5) is 0. The van der Waals surface area contributed by atoms with E-state index < -0.39 is 0 Å². The predicted octanol–water partition coefficient (Wildman–Crippen LogP) is 4.61. The summed E-state index contributed by atoms with van der Waals surface area (Å²) in [7, 11) is 0. The molecular weight excluding hydrogens is 188 g/mol. The molecule has 0 saturated heterocycles. The highest BCUT2D eigenvalue weighted by atomic mass is 35.5. The quantitative estimate of drug-likeness (QED) is 0.483. The molecule has 0 radical (unpaired) electrons. The Labute approximate surface area is 83.6 Å². The van der Waals surface area contributed by atoms with Crippen LogP contribution in [0.3, 0.4) is 0 Å². The lowest BCUT2D eigenvalue weighted by Gasteiger charge is -2.05. The molecule has 0 amide bonds. The minimum atomic E-state index is 0.239. The Morgan fingerprint density at radius 2 is 2.33 bits per heavy atom. The Balaban J connectivity index is 2.25. The van der Waals surface area contributed by atoms with Gasteiger partial charge in [0.2, 0.25) is 0 Å². The van der Waals surface area contributed by atoms with Crippen LogP contribution in [0.4, 0.5) is 0 Å². The molecule has 1 aromatic rings. The van der Waals surface area contributed by atoms with Gasteiger partial charge >= 0.3 is 0 Å². The highest BCUT2D eigenvalue weighted by Crippen LogP contribution is 2.27. The monoisotopic (exact) mass is 202 g/mol. The van der Waals surface area contributed by atoms with Crippen molar-refractivity contribution in [2.24, 2.45) is 0 Å². The van der Waals surface area contributed by atoms with Gasteiger partial charge in [-0.2, -0.15) is 11.3 Å². The van der Waals surface area contributed by atoms with E-state index >= 15 is 0 Å². The van der Waals surface area contributed by atoms with Crippen LogP contribution in [0, 0.1) is 0 Å². The van der Waals surface area contributed by atoms with E-state index in [9.17, 15) is 0 Å². The fourth-order valence-electron chi connectivity index (χ4n) is 1.19. The van der Waals surface area contributed by atoms with Gasteiger partial charge in [-0.15, -0.1) is 11.6 Å². The lowest BCUT2D eigenvalue weighted by Crippen LogP contribution is -1.87. The summed E-state index contributed by atoms with van der Waals surface area (Å²) in [5, 5.41) is 4.47. The Hall–Kier alpha value is -0.0100. The Morgan fingerprint density at radius 3 is 2.92 bits per heavy atom. The second-order valence-corrected chi connectivity index (χ2v) is 4.33. The second kappa shape index (κ2) is 5.60. The zero-order valence-electron chi connectivity index (χ0n) is 7.42. The first-order valence-corrected chi connectivity index (χ1v) is 5.88. The van der Waals surface area contributed by atoms with E-state index in [1.807, 2.05) is 0 Å². The van der Waals surface area contributed by atoms with Gasteiger partial charge in [0.25, 0.3) is 0 Å². The van der Waals surface area contributed by atoms with E-state index in [-0.39, 0.29) is 5.38 Å². The first kappa shape index (κ1) is 10.1. The summed E-state index contributed by atoms with van der Waals surface area (Å²) >= 11 is 7.91. The molecule has 1 aromatic heterocycles. The van der Waals surface area contributed by atoms with E-state index in [0.717, 1.165) is 6.42 Å². The normalized spacial score (nSPS) is 13.2. The molecular formula is C10H15ClS. The fraction of sp³-hybridized carbons (Fsp3) is 0.600. The number of unbranched alkanes of at least 4 members (excludes halogenated alkanes) is 2. The van der Waals surface area contributed by atoms with E-state index in [1.165, 1.54) is 24.8 Å². The van der Waals surface area contributed by atoms with Gasteiger partial charge in [0.1, 0.15) is 0 Å². The van der Waals surface area contributed by atoms with Gasteiger partial charge in [0.05, 0.1) is 5.38 Å². The topological polar surface area (TPSA) is 0 Å². The number of rotatable bonds is 5. The molecule has 0 spiro atoms. The number of halogens is 1. The Morgan fingerprint density at radius 1 is 1.50 bits per heavy atom. The third kappa shape index (κ3) is 3.16. The maximum atomic E-state index is 6.19. The SMILES string of the molecule is CCCCCC(Cl)c1ccsc1. The molecule has 0 bridgehead atoms. The van der Waals surface area contributed by atoms with E-state index in [4.69, 9.17) is 11.6 Å². The number of alkyl halides is 1. The van der Waals surface area contributed by atoms with Crippen LogP contribution in [0.15, 0.2) is 16.8 Å². The largest absolute Gasteiger partial charge is 0.152 e. The molecule has 68 valence electrons. The molecule has 12 heavy (non-hydrogen) atoms. The minimum absolute atomic E-state index is 0.239. The molecule has 2 heteroatoms. The average molecular weight is 203 g/mol. The second-order valence-electron chi connectivity index (χ2n) is 3.02. The molecule has 0 aliphatic rings. The number of thiophene rings is 1. The van der Waals surface area contributed by atoms with Crippen LogP contribution in [-0.2, 0) is 0 Å². The van der Waals surface area contributed by atoms with Gasteiger partial charge in [0.15, 0.2) is 0 Å². The standard InChI is InChI=1S/C10H15ClS/c1-2-3-4-5-10(11)9-6-7-12-8-9/h6-8,10H,2-5H2,1H3. The molecule has 1 rings (SSSR count). The van der Waals surface area contributed by atoms with Crippen LogP contribution in [0.1, 0.15) is 43.5 Å². The average Bonchev–Trinajstić information content (AvgIpc) is 2.56. The summed E-state index contributed by atoms with van der Waals surface area (Å²) in [5.41, 5.74) is 1.29. The summed E-state index contributed by atoms with van der Waals surface area (Å²) in [6.45, 7) is 2.22. The molecule has 1 unspecified atom stereocenters. The molecule has 0 aliphatic heterocycles. The lowest BCUT2D eigenvalue weighted by molar-refractivity contribution is 0.656. The van der Waals surface area contributed by atoms with Crippen molar-refractivity contribution < 1.29 is 0 Å². The van der Waals surface area contributed by atoms with Gasteiger partial charge in [-0.05, 0) is 28.8 Å². The van der Waals surface area contributed by atoms with E-state index in [0.29, 0.717) is 0 Å². The van der Waals surface area contributed by atoms with Crippen molar-refractivity contribution in [1.82, 2.24) is 0 Å². The molecule has 1 heterocycles. The molecule has 1 atom stereocenters. The minimum Gasteiger partial charge on any atom is -0.152 e. The highest BCUT2D eigenvalue weighted by Gasteiger charge is 2.06. The fourth-order valence-corrected chi connectivity index (χ4v) is 2.27. The zero-order chi connectivity index (χ0) is 8.81. The molecule has 0 nitrogen and oxygen atoms in total. The maximum Gasteiger partial charge on any atom is 0.0593 e. The summed E-state index contributed by atoms with van der Waals surface area (Å²) in [6.07, 6.45) is 4.94. The third-order valence-corrected chi connectivity index (χ3v) is 3.14. The predicted molar refractivity (Wildman–Crippen MR) is 57.1 cm³/mol. The molecule has 0 N–H and O–H groups in total. The molecule has 0 aliphatic carbocycles. The molecule has 0 fully saturated rings. The van der Waals surface area contributed by atoms with Crippen LogP contribution in [0.2, 0.25) is 0 Å². The van der Waals surface area contributed by atoms with E-state index in [1.54, 1.807) is 11.3 Å². The first-order valence-electron chi connectivity index (χ1n) is 4.50. The number of hydrogen-bond donors (Lipinski definition) is 0. The summed E-state index contributed by atoms with van der Waals surface area (Å²) in [5.74, 6) is 0. The Kier molecular flexibility index (Phi) is 4.70. The first-order chi connectivity index (χ1) is 5.84. The van der Waals surface area contributed by atoms with Crippen LogP contribution < -0.4 is 0 Å². The van der Waals surface area contributed by atoms with Crippen molar-refractivity contribution in [3.8, 4) is 0 Å². The van der Waals surface area contributed by atoms with Crippen LogP contribution >= 0.6 is 22.9 Å². The summed E-state index contributed by atoms with van der Waals surface area (Å²) < 4.78 is 0. The van der Waals surface area contributed by atoms with Crippen molar-refractivity contribution in [3.05, 3.63) is 22.4 Å². The van der Waals surface area contributed by atoms with Gasteiger partial charge in [-0.25, -0.2) is 0 Å². The van der Waals surface area contributed by atoms with E-state index in [2.05, 4.69) is 23.8 Å². The van der Waals surface area contributed by atoms with Crippen LogP contribution in [-0.4, -0.2) is 0 Å². The smallest absolute Gasteiger partial charge is 0.0593 e. The van der Waals surface area contributed by atoms with Gasteiger partial charge in [0, 0.05) is 0 Å². The van der Waals surface area contributed by atoms with Gasteiger partial charge < -0.3 is 0 Å². The van der Waals surface area contributed by atoms with Gasteiger partial charge in [-0.1, -0.05) is 26.2 Å². The van der Waals surface area contributed by atoms with Gasteiger partial charge in [-0.3, -0.25) is 0 Å². The zero-order valence-corrected chi connectivity index (χ0v) is 9.00. The lowest BCUT2D eigenvalue weighted by atomic mass is 10.1. The third-order valence-electron chi connectivity index (χ3n) is 1.97. The van der Waals surface area contributed by atoms with Crippen molar-refractivity contribution in [2.45, 2.75) is 38.0 Å². The summed E-state index contributed by atoms with van der Waals surface area (Å²) in [6, 6.07) is 2.12. The Bertz CT molecular complexity index is 194. The van der Waals surface area contributed by atoms with Crippen molar-refractivity contribution >= 4 is 22.9 Å². The van der Waals surface area contributed by atoms with Crippen molar-refractivity contribution in [2.75, 3.05) is 0 Å². The number of hydrogen-bond acceptors (Lipinski definition) is 1. The van der Waals surface area contributed by atoms with Crippen LogP contribution in [0.25, 0.3) is 0 Å². The maximum absolute atomic E-state index is 6.19. The highest BCUT2D eigenvalue weighted by molar-refractivity contribution is 7.08. The van der Waals surface area contributed by atoms with Crippen molar-refractivity contribution in [3.63, 3.8) is 0 Å².